The van der Waals surface area contributed by atoms with Gasteiger partial charge < -0.3 is 0 Å². The van der Waals surface area contributed by atoms with Crippen LogP contribution in [0.3, 0.4) is 0 Å². The minimum atomic E-state index is 0.0906. The lowest BCUT2D eigenvalue weighted by Gasteiger charge is -1.95. The maximum absolute atomic E-state index is 12.5. The molecule has 0 radical (unpaired) electrons. The van der Waals surface area contributed by atoms with Crippen molar-refractivity contribution in [3.8, 4) is 6.07 Å². The first-order chi connectivity index (χ1) is 6.76. The Morgan fingerprint density at radius 1 is 1.50 bits per heavy atom. The second-order valence-corrected chi connectivity index (χ2v) is 4.16. The van der Waals surface area contributed by atoms with Gasteiger partial charge in [-0.15, -0.1) is 3.89 Å². The highest BCUT2D eigenvalue weighted by atomic mass is 79.9. The van der Waals surface area contributed by atoms with E-state index in [2.05, 4.69) is 15.9 Å². The Morgan fingerprint density at radius 2 is 2.29 bits per heavy atom. The number of hydrogen-bond donors (Lipinski definition) is 0. The van der Waals surface area contributed by atoms with E-state index in [1.54, 1.807) is 12.1 Å². The van der Waals surface area contributed by atoms with Gasteiger partial charge in [0.1, 0.15) is 6.07 Å². The third-order valence-corrected chi connectivity index (χ3v) is 2.87. The Kier molecular flexibility index (Phi) is 2.48. The molecular weight excluding hydrogens is 267 g/mol. The van der Waals surface area contributed by atoms with Crippen LogP contribution in [0.15, 0.2) is 28.9 Å². The summed E-state index contributed by atoms with van der Waals surface area (Å²) < 4.78 is 14.7. The number of nitrogens with zero attached hydrogens (tertiary/aromatic N) is 2. The van der Waals surface area contributed by atoms with Crippen LogP contribution in [0, 0.1) is 11.3 Å². The fraction of sp³-hybridized carbons (Fsp3) is 0. The molecular formula is C9H4BrFN2S. The van der Waals surface area contributed by atoms with Gasteiger partial charge in [-0.05, 0) is 18.2 Å². The molecule has 70 valence electrons. The SMILES string of the molecule is N#Cc1cn(SF)c2ccc(Br)cc12. The molecule has 1 aromatic carbocycles. The van der Waals surface area contributed by atoms with Gasteiger partial charge in [0.2, 0.25) is 0 Å². The maximum atomic E-state index is 12.5. The van der Waals surface area contributed by atoms with Crippen LogP contribution < -0.4 is 0 Å². The molecule has 0 spiro atoms. The van der Waals surface area contributed by atoms with Gasteiger partial charge in [0.15, 0.2) is 12.3 Å². The number of fused-ring (bicyclic) bond motifs is 1. The Hall–Kier alpha value is -0.990. The largest absolute Gasteiger partial charge is 0.262 e. The fourth-order valence-corrected chi connectivity index (χ4v) is 2.06. The molecule has 0 bridgehead atoms. The van der Waals surface area contributed by atoms with Crippen molar-refractivity contribution in [3.63, 3.8) is 0 Å². The lowest BCUT2D eigenvalue weighted by atomic mass is 10.2. The molecule has 1 heterocycles. The Balaban J connectivity index is 2.84. The Labute approximate surface area is 92.9 Å². The molecule has 1 aromatic heterocycles. The van der Waals surface area contributed by atoms with Gasteiger partial charge in [-0.25, -0.2) is 0 Å². The summed E-state index contributed by atoms with van der Waals surface area (Å²) in [6.07, 6.45) is 1.49. The van der Waals surface area contributed by atoms with Crippen LogP contribution in [0.25, 0.3) is 10.9 Å². The summed E-state index contributed by atoms with van der Waals surface area (Å²) in [7, 11) is 0. The van der Waals surface area contributed by atoms with E-state index in [0.717, 1.165) is 9.86 Å². The normalized spacial score (nSPS) is 10.4. The first kappa shape index (κ1) is 9.56. The minimum Gasteiger partial charge on any atom is -0.262 e. The molecule has 0 aliphatic rings. The molecule has 14 heavy (non-hydrogen) atoms. The molecule has 2 aromatic rings. The summed E-state index contributed by atoms with van der Waals surface area (Å²) in [5, 5.41) is 9.58. The van der Waals surface area contributed by atoms with Gasteiger partial charge >= 0.3 is 0 Å². The van der Waals surface area contributed by atoms with Gasteiger partial charge in [0.05, 0.1) is 11.1 Å². The fourth-order valence-electron chi connectivity index (χ4n) is 1.32. The second-order valence-electron chi connectivity index (χ2n) is 2.71. The van der Waals surface area contributed by atoms with E-state index in [-0.39, 0.29) is 12.3 Å². The van der Waals surface area contributed by atoms with Crippen molar-refractivity contribution in [2.45, 2.75) is 0 Å². The smallest absolute Gasteiger partial charge is 0.169 e. The van der Waals surface area contributed by atoms with Gasteiger partial charge in [-0.2, -0.15) is 5.26 Å². The molecule has 2 rings (SSSR count). The van der Waals surface area contributed by atoms with Crippen molar-refractivity contribution in [2.24, 2.45) is 0 Å². The Bertz CT molecular complexity index is 529. The number of benzene rings is 1. The van der Waals surface area contributed by atoms with Crippen LogP contribution in [0.4, 0.5) is 3.89 Å². The molecule has 5 heteroatoms. The van der Waals surface area contributed by atoms with Crippen molar-refractivity contribution in [1.82, 2.24) is 3.97 Å². The standard InChI is InChI=1S/C9H4BrFN2S/c10-7-1-2-9-8(3-7)6(4-12)5-13(9)14-11/h1-3,5H. The van der Waals surface area contributed by atoms with E-state index in [0.29, 0.717) is 11.1 Å². The predicted molar refractivity (Wildman–Crippen MR) is 58.5 cm³/mol. The molecule has 0 saturated carbocycles. The predicted octanol–water partition coefficient (Wildman–Crippen LogP) is 3.66. The highest BCUT2D eigenvalue weighted by molar-refractivity contribution is 9.10. The summed E-state index contributed by atoms with van der Waals surface area (Å²) in [4.78, 5) is 0. The molecule has 0 aliphatic heterocycles. The average Bonchev–Trinajstić information content (AvgIpc) is 2.55. The van der Waals surface area contributed by atoms with Gasteiger partial charge in [0.25, 0.3) is 0 Å². The van der Waals surface area contributed by atoms with Crippen LogP contribution in [0.1, 0.15) is 5.56 Å². The van der Waals surface area contributed by atoms with Crippen molar-refractivity contribution in [1.29, 1.82) is 5.26 Å². The van der Waals surface area contributed by atoms with Gasteiger partial charge in [-0.1, -0.05) is 15.9 Å². The zero-order valence-electron chi connectivity index (χ0n) is 6.87. The monoisotopic (exact) mass is 270 g/mol. The highest BCUT2D eigenvalue weighted by Crippen LogP contribution is 2.27. The number of hydrogen-bond acceptors (Lipinski definition) is 2. The zero-order valence-corrected chi connectivity index (χ0v) is 9.27. The molecule has 0 atom stereocenters. The summed E-state index contributed by atoms with van der Waals surface area (Å²) in [6.45, 7) is 0. The third-order valence-electron chi connectivity index (χ3n) is 1.93. The summed E-state index contributed by atoms with van der Waals surface area (Å²) >= 11 is 3.40. The summed E-state index contributed by atoms with van der Waals surface area (Å²) in [6, 6.07) is 7.42. The first-order valence-corrected chi connectivity index (χ1v) is 5.22. The molecule has 0 amide bonds. The lowest BCUT2D eigenvalue weighted by molar-refractivity contribution is 0.921. The van der Waals surface area contributed by atoms with Gasteiger partial charge in [-0.3, -0.25) is 3.97 Å². The van der Waals surface area contributed by atoms with Crippen LogP contribution in [-0.2, 0) is 0 Å². The molecule has 0 unspecified atom stereocenters. The highest BCUT2D eigenvalue weighted by Gasteiger charge is 2.08. The average molecular weight is 271 g/mol. The molecule has 0 aliphatic carbocycles. The molecule has 0 N–H and O–H groups in total. The second kappa shape index (κ2) is 3.64. The minimum absolute atomic E-state index is 0.0906. The first-order valence-electron chi connectivity index (χ1n) is 3.76. The zero-order chi connectivity index (χ0) is 10.1. The maximum Gasteiger partial charge on any atom is 0.169 e. The van der Waals surface area contributed by atoms with Crippen LogP contribution in [0.2, 0.25) is 0 Å². The van der Waals surface area contributed by atoms with Crippen LogP contribution >= 0.6 is 28.3 Å². The van der Waals surface area contributed by atoms with E-state index in [1.165, 1.54) is 10.2 Å². The quantitative estimate of drug-likeness (QED) is 0.792. The van der Waals surface area contributed by atoms with E-state index in [4.69, 9.17) is 5.26 Å². The van der Waals surface area contributed by atoms with E-state index in [1.807, 2.05) is 12.1 Å². The number of nitriles is 1. The van der Waals surface area contributed by atoms with E-state index < -0.39 is 0 Å². The van der Waals surface area contributed by atoms with Crippen LogP contribution in [0.5, 0.6) is 0 Å². The molecule has 0 saturated heterocycles. The van der Waals surface area contributed by atoms with Gasteiger partial charge in [0, 0.05) is 16.1 Å². The number of halogens is 2. The van der Waals surface area contributed by atoms with Crippen molar-refractivity contribution < 1.29 is 3.89 Å². The number of aromatic nitrogens is 1. The third kappa shape index (κ3) is 1.41. The Morgan fingerprint density at radius 3 is 2.93 bits per heavy atom. The molecule has 0 fully saturated rings. The van der Waals surface area contributed by atoms with E-state index >= 15 is 0 Å². The molecule has 2 nitrogen and oxygen atoms in total. The van der Waals surface area contributed by atoms with Crippen molar-refractivity contribution in [3.05, 3.63) is 34.4 Å². The topological polar surface area (TPSA) is 28.7 Å². The van der Waals surface area contributed by atoms with Crippen molar-refractivity contribution in [2.75, 3.05) is 0 Å². The van der Waals surface area contributed by atoms with Crippen LogP contribution in [-0.4, -0.2) is 3.97 Å². The summed E-state index contributed by atoms with van der Waals surface area (Å²) in [5.74, 6) is 0. The van der Waals surface area contributed by atoms with E-state index in [9.17, 15) is 3.89 Å². The van der Waals surface area contributed by atoms with Crippen molar-refractivity contribution >= 4 is 39.2 Å². The summed E-state index contributed by atoms with van der Waals surface area (Å²) in [5.41, 5.74) is 1.18. The number of rotatable bonds is 1. The lowest BCUT2D eigenvalue weighted by Crippen LogP contribution is -1.77.